The van der Waals surface area contributed by atoms with E-state index in [0.29, 0.717) is 0 Å². The van der Waals surface area contributed by atoms with Crippen molar-refractivity contribution in [2.24, 2.45) is 0 Å². The lowest BCUT2D eigenvalue weighted by Gasteiger charge is -2.17. The number of aryl methyl sites for hydroxylation is 2. The van der Waals surface area contributed by atoms with Crippen molar-refractivity contribution >= 4 is 5.91 Å². The van der Waals surface area contributed by atoms with Gasteiger partial charge in [0.25, 0.3) is 5.91 Å². The van der Waals surface area contributed by atoms with Gasteiger partial charge in [0, 0.05) is 12.1 Å². The van der Waals surface area contributed by atoms with Crippen molar-refractivity contribution < 1.29 is 4.79 Å². The van der Waals surface area contributed by atoms with Gasteiger partial charge in [0.1, 0.15) is 0 Å². The predicted molar refractivity (Wildman–Crippen MR) is 85.3 cm³/mol. The average Bonchev–Trinajstić information content (AvgIpc) is 2.45. The van der Waals surface area contributed by atoms with Gasteiger partial charge in [-0.25, -0.2) is 0 Å². The van der Waals surface area contributed by atoms with E-state index < -0.39 is 0 Å². The molecule has 3 nitrogen and oxygen atoms in total. The second-order valence-corrected chi connectivity index (χ2v) is 5.29. The smallest absolute Gasteiger partial charge is 0.251 e. The first-order valence-corrected chi connectivity index (χ1v) is 7.66. The molecule has 3 heteroatoms. The Morgan fingerprint density at radius 3 is 2.40 bits per heavy atom. The van der Waals surface area contributed by atoms with Crippen LogP contribution in [0.3, 0.4) is 0 Å². The molecule has 0 saturated heterocycles. The predicted octanol–water partition coefficient (Wildman–Crippen LogP) is 3.16. The summed E-state index contributed by atoms with van der Waals surface area (Å²) in [5.74, 6) is 0.0379. The molecule has 0 bridgehead atoms. The summed E-state index contributed by atoms with van der Waals surface area (Å²) in [6.45, 7) is 12.5. The van der Waals surface area contributed by atoms with Crippen molar-refractivity contribution in [1.29, 1.82) is 0 Å². The second kappa shape index (κ2) is 8.75. The molecule has 0 unspecified atom stereocenters. The summed E-state index contributed by atoms with van der Waals surface area (Å²) in [5.41, 5.74) is 3.15. The molecule has 0 spiro atoms. The van der Waals surface area contributed by atoms with Gasteiger partial charge < -0.3 is 10.2 Å². The largest absolute Gasteiger partial charge is 0.352 e. The molecular weight excluding hydrogens is 248 g/mol. The van der Waals surface area contributed by atoms with E-state index in [0.717, 1.165) is 44.6 Å². The van der Waals surface area contributed by atoms with Gasteiger partial charge in [-0.15, -0.1) is 0 Å². The summed E-state index contributed by atoms with van der Waals surface area (Å²) in [5, 5.41) is 3.00. The molecule has 1 aromatic carbocycles. The molecule has 0 fully saturated rings. The summed E-state index contributed by atoms with van der Waals surface area (Å²) in [4.78, 5) is 14.4. The highest BCUT2D eigenvalue weighted by Gasteiger charge is 2.06. The fourth-order valence-corrected chi connectivity index (χ4v) is 2.19. The molecule has 0 aliphatic heterocycles. The lowest BCUT2D eigenvalue weighted by Crippen LogP contribution is -2.27. The Kier molecular flexibility index (Phi) is 7.31. The zero-order valence-electron chi connectivity index (χ0n) is 13.3. The molecule has 112 valence electrons. The lowest BCUT2D eigenvalue weighted by molar-refractivity contribution is 0.0952. The molecule has 20 heavy (non-hydrogen) atoms. The quantitative estimate of drug-likeness (QED) is 0.740. The van der Waals surface area contributed by atoms with Crippen molar-refractivity contribution in [3.05, 3.63) is 34.9 Å². The highest BCUT2D eigenvalue weighted by molar-refractivity contribution is 5.94. The Bertz CT molecular complexity index is 425. The fraction of sp³-hybridized carbons (Fsp3) is 0.588. The molecule has 1 amide bonds. The van der Waals surface area contributed by atoms with Crippen molar-refractivity contribution in [1.82, 2.24) is 10.2 Å². The van der Waals surface area contributed by atoms with Gasteiger partial charge in [0.15, 0.2) is 0 Å². The molecule has 0 heterocycles. The van der Waals surface area contributed by atoms with E-state index in [1.54, 1.807) is 0 Å². The van der Waals surface area contributed by atoms with Crippen molar-refractivity contribution in [2.75, 3.05) is 26.2 Å². The van der Waals surface area contributed by atoms with Gasteiger partial charge >= 0.3 is 0 Å². The van der Waals surface area contributed by atoms with E-state index in [9.17, 15) is 4.79 Å². The van der Waals surface area contributed by atoms with Crippen LogP contribution >= 0.6 is 0 Å². The Hall–Kier alpha value is -1.35. The third-order valence-corrected chi connectivity index (χ3v) is 3.85. The van der Waals surface area contributed by atoms with Crippen molar-refractivity contribution in [3.63, 3.8) is 0 Å². The topological polar surface area (TPSA) is 32.3 Å². The molecule has 1 N–H and O–H groups in total. The van der Waals surface area contributed by atoms with Gasteiger partial charge in [-0.3, -0.25) is 4.79 Å². The maximum Gasteiger partial charge on any atom is 0.251 e. The number of nitrogens with one attached hydrogen (secondary N) is 1. The minimum atomic E-state index is 0.0379. The third kappa shape index (κ3) is 5.33. The Balaban J connectivity index is 2.28. The number of hydrogen-bond acceptors (Lipinski definition) is 2. The SMILES string of the molecule is CCN(CC)CCCCNC(=O)c1ccc(C)c(C)c1. The number of carbonyl (C=O) groups excluding carboxylic acids is 1. The maximum atomic E-state index is 12.0. The van der Waals surface area contributed by atoms with Crippen LogP contribution in [0, 0.1) is 13.8 Å². The number of carbonyl (C=O) groups is 1. The summed E-state index contributed by atoms with van der Waals surface area (Å²) >= 11 is 0. The van der Waals surface area contributed by atoms with Crippen LogP contribution in [0.25, 0.3) is 0 Å². The summed E-state index contributed by atoms with van der Waals surface area (Å²) in [6, 6.07) is 5.86. The van der Waals surface area contributed by atoms with Crippen LogP contribution in [0.2, 0.25) is 0 Å². The van der Waals surface area contributed by atoms with E-state index >= 15 is 0 Å². The molecule has 0 aliphatic rings. The molecule has 0 aliphatic carbocycles. The van der Waals surface area contributed by atoms with Gasteiger partial charge in [-0.05, 0) is 69.6 Å². The number of unbranched alkanes of at least 4 members (excludes halogenated alkanes) is 1. The first-order valence-electron chi connectivity index (χ1n) is 7.66. The van der Waals surface area contributed by atoms with Crippen molar-refractivity contribution in [3.8, 4) is 0 Å². The average molecular weight is 276 g/mol. The molecule has 1 aromatic rings. The number of benzene rings is 1. The van der Waals surface area contributed by atoms with E-state index in [-0.39, 0.29) is 5.91 Å². The Labute approximate surface area is 123 Å². The van der Waals surface area contributed by atoms with E-state index in [1.807, 2.05) is 25.1 Å². The zero-order valence-corrected chi connectivity index (χ0v) is 13.3. The number of rotatable bonds is 8. The normalized spacial score (nSPS) is 10.8. The van der Waals surface area contributed by atoms with Crippen molar-refractivity contribution in [2.45, 2.75) is 40.5 Å². The number of hydrogen-bond donors (Lipinski definition) is 1. The highest BCUT2D eigenvalue weighted by Crippen LogP contribution is 2.09. The number of nitrogens with zero attached hydrogens (tertiary/aromatic N) is 1. The summed E-state index contributed by atoms with van der Waals surface area (Å²) in [6.07, 6.45) is 2.17. The third-order valence-electron chi connectivity index (χ3n) is 3.85. The highest BCUT2D eigenvalue weighted by atomic mass is 16.1. The van der Waals surface area contributed by atoms with E-state index in [2.05, 4.69) is 31.0 Å². The van der Waals surface area contributed by atoms with Crippen LogP contribution in [0.4, 0.5) is 0 Å². The first-order chi connectivity index (χ1) is 9.58. The summed E-state index contributed by atoms with van der Waals surface area (Å²) < 4.78 is 0. The molecule has 0 aromatic heterocycles. The standard InChI is InChI=1S/C17H28N2O/c1-5-19(6-2)12-8-7-11-18-17(20)16-10-9-14(3)15(4)13-16/h9-10,13H,5-8,11-12H2,1-4H3,(H,18,20). The minimum Gasteiger partial charge on any atom is -0.352 e. The van der Waals surface area contributed by atoms with Gasteiger partial charge in [-0.1, -0.05) is 19.9 Å². The minimum absolute atomic E-state index is 0.0379. The Morgan fingerprint density at radius 2 is 1.80 bits per heavy atom. The lowest BCUT2D eigenvalue weighted by atomic mass is 10.1. The van der Waals surface area contributed by atoms with Crippen LogP contribution < -0.4 is 5.32 Å². The second-order valence-electron chi connectivity index (χ2n) is 5.29. The van der Waals surface area contributed by atoms with Crippen LogP contribution in [0.5, 0.6) is 0 Å². The number of amides is 1. The van der Waals surface area contributed by atoms with Crippen LogP contribution in [-0.4, -0.2) is 37.0 Å². The molecular formula is C17H28N2O. The first kappa shape index (κ1) is 16.7. The monoisotopic (exact) mass is 276 g/mol. The summed E-state index contributed by atoms with van der Waals surface area (Å²) in [7, 11) is 0. The zero-order chi connectivity index (χ0) is 15.0. The molecule has 0 radical (unpaired) electrons. The van der Waals surface area contributed by atoms with Crippen LogP contribution in [0.15, 0.2) is 18.2 Å². The van der Waals surface area contributed by atoms with Crippen LogP contribution in [-0.2, 0) is 0 Å². The molecule has 0 saturated carbocycles. The maximum absolute atomic E-state index is 12.0. The van der Waals surface area contributed by atoms with Gasteiger partial charge in [0.2, 0.25) is 0 Å². The van der Waals surface area contributed by atoms with Gasteiger partial charge in [0.05, 0.1) is 0 Å². The van der Waals surface area contributed by atoms with Crippen LogP contribution in [0.1, 0.15) is 48.2 Å². The van der Waals surface area contributed by atoms with E-state index in [1.165, 1.54) is 11.1 Å². The Morgan fingerprint density at radius 1 is 1.10 bits per heavy atom. The molecule has 1 rings (SSSR count). The molecule has 0 atom stereocenters. The van der Waals surface area contributed by atoms with Gasteiger partial charge in [-0.2, -0.15) is 0 Å². The van der Waals surface area contributed by atoms with E-state index in [4.69, 9.17) is 0 Å². The fourth-order valence-electron chi connectivity index (χ4n) is 2.19.